The van der Waals surface area contributed by atoms with Crippen LogP contribution in [-0.2, 0) is 21.3 Å². The van der Waals surface area contributed by atoms with Crippen LogP contribution in [0, 0.1) is 0 Å². The zero-order valence-corrected chi connectivity index (χ0v) is 10.5. The molecule has 0 saturated carbocycles. The summed E-state index contributed by atoms with van der Waals surface area (Å²) in [5.41, 5.74) is 0. The number of hydrogen-bond donors (Lipinski definition) is 2. The van der Waals surface area contributed by atoms with Gasteiger partial charge in [0.2, 0.25) is 0 Å². The first-order chi connectivity index (χ1) is 6.47. The molecule has 2 N–H and O–H groups in total. The summed E-state index contributed by atoms with van der Waals surface area (Å²) in [4.78, 5) is 11.5. The normalized spacial score (nSPS) is 12.7. The molecule has 7 heteroatoms. The molecular weight excluding hydrogens is 243 g/mol. The maximum atomic E-state index is 10.8. The van der Waals surface area contributed by atoms with Crippen molar-refractivity contribution in [3.8, 4) is 0 Å². The summed E-state index contributed by atoms with van der Waals surface area (Å²) in [7, 11) is 1.28. The number of methoxy groups -OCH3 is 1. The zero-order valence-electron chi connectivity index (χ0n) is 7.97. The second-order valence-electron chi connectivity index (χ2n) is 2.47. The van der Waals surface area contributed by atoms with E-state index in [4.69, 9.17) is 22.0 Å². The van der Waals surface area contributed by atoms with Gasteiger partial charge in [-0.15, -0.1) is 0 Å². The molecule has 0 amide bonds. The summed E-state index contributed by atoms with van der Waals surface area (Å²) in [5.74, 6) is -0.465. The van der Waals surface area contributed by atoms with Crippen molar-refractivity contribution < 1.29 is 19.7 Å². The van der Waals surface area contributed by atoms with E-state index in [1.54, 1.807) is 6.92 Å². The molecule has 14 heavy (non-hydrogen) atoms. The predicted octanol–water partition coefficient (Wildman–Crippen LogP) is 1.09. The Kier molecular flexibility index (Phi) is 6.64. The Morgan fingerprint density at radius 3 is 2.43 bits per heavy atom. The molecule has 0 bridgehead atoms. The van der Waals surface area contributed by atoms with E-state index in [-0.39, 0.29) is 12.7 Å². The molecule has 0 aliphatic rings. The summed E-state index contributed by atoms with van der Waals surface area (Å²) < 4.78 is 4.43. The van der Waals surface area contributed by atoms with Crippen LogP contribution in [0.5, 0.6) is 0 Å². The molecule has 0 fully saturated rings. The summed E-state index contributed by atoms with van der Waals surface area (Å²) in [5, 5.41) is 15.7. The molecule has 0 aromatic carbocycles. The Morgan fingerprint density at radius 2 is 2.07 bits per heavy atom. The number of ether oxygens (including phenoxy) is 1. The van der Waals surface area contributed by atoms with Gasteiger partial charge in [-0.05, 0) is 11.8 Å². The van der Waals surface area contributed by atoms with Gasteiger partial charge in [0.15, 0.2) is 0 Å². The van der Waals surface area contributed by atoms with Gasteiger partial charge in [0.1, 0.15) is 0 Å². The number of carbonyl (C=O) groups excluding carboxylic acids is 1. The van der Waals surface area contributed by atoms with Crippen LogP contribution in [-0.4, -0.2) is 36.0 Å². The average molecular weight is 256 g/mol. The predicted molar refractivity (Wildman–Crippen MR) is 61.8 cm³/mol. The van der Waals surface area contributed by atoms with Gasteiger partial charge in [0.05, 0.1) is 25.0 Å². The van der Waals surface area contributed by atoms with Crippen LogP contribution in [0.2, 0.25) is 0 Å². The van der Waals surface area contributed by atoms with Crippen molar-refractivity contribution in [1.82, 2.24) is 0 Å². The van der Waals surface area contributed by atoms with E-state index < -0.39 is 11.2 Å². The fourth-order valence-electron chi connectivity index (χ4n) is 0.616. The fraction of sp³-hybridized carbons (Fsp3) is 0.571. The molecule has 0 aliphatic heterocycles. The van der Waals surface area contributed by atoms with Gasteiger partial charge < -0.3 is 14.9 Å². The van der Waals surface area contributed by atoms with E-state index >= 15 is 0 Å². The molecule has 0 aromatic heterocycles. The van der Waals surface area contributed by atoms with Gasteiger partial charge in [-0.25, -0.2) is 4.79 Å². The highest BCUT2D eigenvalue weighted by molar-refractivity contribution is 8.72. The molecule has 0 saturated heterocycles. The minimum atomic E-state index is -2.22. The Hall–Kier alpha value is 0.130. The van der Waals surface area contributed by atoms with Crippen molar-refractivity contribution in [3.05, 3.63) is 11.0 Å². The van der Waals surface area contributed by atoms with Crippen molar-refractivity contribution in [2.75, 3.05) is 19.8 Å². The van der Waals surface area contributed by atoms with Gasteiger partial charge in [0.25, 0.3) is 0 Å². The minimum absolute atomic E-state index is 0.226. The lowest BCUT2D eigenvalue weighted by molar-refractivity contribution is -0.134. The Labute approximate surface area is 92.1 Å². The number of rotatable bonds is 5. The first kappa shape index (κ1) is 14.1. The monoisotopic (exact) mass is 256 g/mol. The quantitative estimate of drug-likeness (QED) is 0.436. The molecule has 4 nitrogen and oxygen atoms in total. The lowest BCUT2D eigenvalue weighted by Crippen LogP contribution is -1.95. The molecule has 0 atom stereocenters. The SMILES string of the molecule is COC(=O)C=C(C)SP(=S)(CO)CO. The van der Waals surface area contributed by atoms with Crippen molar-refractivity contribution in [2.24, 2.45) is 0 Å². The highest BCUT2D eigenvalue weighted by Crippen LogP contribution is 2.60. The molecule has 0 heterocycles. The van der Waals surface area contributed by atoms with Gasteiger partial charge >= 0.3 is 5.97 Å². The van der Waals surface area contributed by atoms with E-state index in [9.17, 15) is 4.79 Å². The highest BCUT2D eigenvalue weighted by atomic mass is 32.9. The van der Waals surface area contributed by atoms with Gasteiger partial charge in [-0.2, -0.15) is 0 Å². The van der Waals surface area contributed by atoms with Crippen LogP contribution < -0.4 is 0 Å². The molecule has 0 aliphatic carbocycles. The molecule has 0 rings (SSSR count). The van der Waals surface area contributed by atoms with Crippen LogP contribution in [0.3, 0.4) is 0 Å². The second-order valence-corrected chi connectivity index (χ2v) is 10.9. The molecule has 0 spiro atoms. The van der Waals surface area contributed by atoms with E-state index in [1.165, 1.54) is 24.6 Å². The number of esters is 1. The fourth-order valence-corrected chi connectivity index (χ4v) is 4.63. The van der Waals surface area contributed by atoms with Gasteiger partial charge in [0, 0.05) is 6.08 Å². The van der Waals surface area contributed by atoms with Gasteiger partial charge in [-0.1, -0.05) is 23.2 Å². The van der Waals surface area contributed by atoms with Crippen LogP contribution in [0.4, 0.5) is 0 Å². The van der Waals surface area contributed by atoms with Crippen LogP contribution >= 0.6 is 16.6 Å². The molecule has 82 valence electrons. The third kappa shape index (κ3) is 5.12. The third-order valence-electron chi connectivity index (χ3n) is 1.26. The molecule has 0 aromatic rings. The first-order valence-electron chi connectivity index (χ1n) is 3.73. The molecule has 0 radical (unpaired) electrons. The maximum absolute atomic E-state index is 10.8. The summed E-state index contributed by atoms with van der Waals surface area (Å²) in [6.07, 6.45) is 0.836. The smallest absolute Gasteiger partial charge is 0.331 e. The number of hydrogen-bond acceptors (Lipinski definition) is 6. The molecule has 0 unspecified atom stereocenters. The number of aliphatic hydroxyl groups excluding tert-OH is 2. The van der Waals surface area contributed by atoms with E-state index in [2.05, 4.69) is 4.74 Å². The van der Waals surface area contributed by atoms with Crippen molar-refractivity contribution in [3.63, 3.8) is 0 Å². The van der Waals surface area contributed by atoms with E-state index in [0.29, 0.717) is 4.91 Å². The standard InChI is InChI=1S/C7H13O4PS2/c1-6(3-7(10)11-2)14-12(13,4-8)5-9/h3,8-9H,4-5H2,1-2H3. The van der Waals surface area contributed by atoms with E-state index in [0.717, 1.165) is 0 Å². The minimum Gasteiger partial charge on any atom is -0.466 e. The maximum Gasteiger partial charge on any atom is 0.331 e. The Bertz CT molecular complexity index is 269. The zero-order chi connectivity index (χ0) is 11.2. The van der Waals surface area contributed by atoms with Crippen LogP contribution in [0.25, 0.3) is 0 Å². The number of aliphatic hydroxyl groups is 2. The van der Waals surface area contributed by atoms with E-state index in [1.807, 2.05) is 0 Å². The average Bonchev–Trinajstić information content (AvgIpc) is 2.17. The first-order valence-corrected chi connectivity index (χ1v) is 8.32. The number of allylic oxidation sites excluding steroid dienone is 1. The van der Waals surface area contributed by atoms with Crippen molar-refractivity contribution >= 4 is 34.4 Å². The Morgan fingerprint density at radius 1 is 1.57 bits per heavy atom. The lowest BCUT2D eigenvalue weighted by Gasteiger charge is -2.15. The summed E-state index contributed by atoms with van der Waals surface area (Å²) in [6, 6.07) is 0. The summed E-state index contributed by atoms with van der Waals surface area (Å²) >= 11 is 6.23. The highest BCUT2D eigenvalue weighted by Gasteiger charge is 2.16. The Balaban J connectivity index is 4.44. The lowest BCUT2D eigenvalue weighted by atomic mass is 10.5. The second kappa shape index (κ2) is 6.58. The number of carbonyl (C=O) groups is 1. The third-order valence-corrected chi connectivity index (χ3v) is 6.78. The van der Waals surface area contributed by atoms with Gasteiger partial charge in [-0.3, -0.25) is 0 Å². The van der Waals surface area contributed by atoms with Crippen molar-refractivity contribution in [2.45, 2.75) is 6.92 Å². The van der Waals surface area contributed by atoms with Crippen LogP contribution in [0.1, 0.15) is 6.92 Å². The summed E-state index contributed by atoms with van der Waals surface area (Å²) in [6.45, 7) is 1.69. The molecular formula is C7H13O4PS2. The van der Waals surface area contributed by atoms with Crippen molar-refractivity contribution in [1.29, 1.82) is 0 Å². The topological polar surface area (TPSA) is 66.8 Å². The van der Waals surface area contributed by atoms with Crippen LogP contribution in [0.15, 0.2) is 11.0 Å². The largest absolute Gasteiger partial charge is 0.466 e.